The van der Waals surface area contributed by atoms with Gasteiger partial charge in [-0.05, 0) is 34.7 Å². The van der Waals surface area contributed by atoms with Gasteiger partial charge in [-0.3, -0.25) is 4.98 Å². The average molecular weight is 268 g/mol. The Balaban J connectivity index is 1.74. The van der Waals surface area contributed by atoms with Crippen LogP contribution < -0.4 is 4.74 Å². The van der Waals surface area contributed by atoms with Crippen molar-refractivity contribution in [2.75, 3.05) is 0 Å². The number of hydrogen-bond acceptors (Lipinski definition) is 7. The summed E-state index contributed by atoms with van der Waals surface area (Å²) in [6.45, 7) is 0. The van der Waals surface area contributed by atoms with Crippen molar-refractivity contribution in [1.29, 1.82) is 0 Å². The zero-order valence-electron chi connectivity index (χ0n) is 10.1. The van der Waals surface area contributed by atoms with Crippen molar-refractivity contribution < 1.29 is 9.53 Å². The van der Waals surface area contributed by atoms with Crippen LogP contribution in [0.4, 0.5) is 0 Å². The maximum absolute atomic E-state index is 11.8. The van der Waals surface area contributed by atoms with Gasteiger partial charge < -0.3 is 4.74 Å². The fourth-order valence-corrected chi connectivity index (χ4v) is 1.51. The summed E-state index contributed by atoms with van der Waals surface area (Å²) >= 11 is 0. The zero-order chi connectivity index (χ0) is 13.8. The van der Waals surface area contributed by atoms with E-state index >= 15 is 0 Å². The van der Waals surface area contributed by atoms with Crippen molar-refractivity contribution in [3.05, 3.63) is 54.9 Å². The van der Waals surface area contributed by atoms with Crippen molar-refractivity contribution in [2.24, 2.45) is 0 Å². The zero-order valence-corrected chi connectivity index (χ0v) is 10.1. The van der Waals surface area contributed by atoms with Gasteiger partial charge in [0.05, 0.1) is 11.9 Å². The third kappa shape index (κ3) is 2.48. The highest BCUT2D eigenvalue weighted by atomic mass is 16.5. The number of tetrazole rings is 1. The predicted octanol–water partition coefficient (Wildman–Crippen LogP) is 0.671. The Labute approximate surface area is 113 Å². The molecule has 0 radical (unpaired) electrons. The van der Waals surface area contributed by atoms with E-state index in [1.807, 2.05) is 0 Å². The molecule has 8 nitrogen and oxygen atoms in total. The highest BCUT2D eigenvalue weighted by Crippen LogP contribution is 2.15. The Hall–Kier alpha value is -3.16. The number of rotatable bonds is 3. The molecule has 0 aliphatic carbocycles. The molecule has 0 aliphatic rings. The highest BCUT2D eigenvalue weighted by Gasteiger charge is 2.10. The van der Waals surface area contributed by atoms with Crippen LogP contribution in [0.1, 0.15) is 10.5 Å². The second kappa shape index (κ2) is 5.22. The summed E-state index contributed by atoms with van der Waals surface area (Å²) in [7, 11) is 0. The van der Waals surface area contributed by atoms with E-state index in [9.17, 15) is 4.79 Å². The minimum atomic E-state index is -0.562. The van der Waals surface area contributed by atoms with Crippen molar-refractivity contribution in [3.63, 3.8) is 0 Å². The van der Waals surface area contributed by atoms with E-state index in [1.54, 1.807) is 24.3 Å². The van der Waals surface area contributed by atoms with E-state index in [-0.39, 0.29) is 5.69 Å². The van der Waals surface area contributed by atoms with Crippen molar-refractivity contribution in [3.8, 4) is 11.4 Å². The van der Waals surface area contributed by atoms with Gasteiger partial charge in [0.25, 0.3) is 0 Å². The predicted molar refractivity (Wildman–Crippen MR) is 66.1 cm³/mol. The smallest absolute Gasteiger partial charge is 0.363 e. The second-order valence-electron chi connectivity index (χ2n) is 3.73. The van der Waals surface area contributed by atoms with E-state index in [1.165, 1.54) is 29.6 Å². The molecule has 0 spiro atoms. The summed E-state index contributed by atoms with van der Waals surface area (Å²) in [5.41, 5.74) is 0.909. The third-order valence-corrected chi connectivity index (χ3v) is 2.43. The van der Waals surface area contributed by atoms with Gasteiger partial charge in [0.2, 0.25) is 0 Å². The number of ether oxygens (including phenoxy) is 1. The van der Waals surface area contributed by atoms with E-state index in [0.29, 0.717) is 5.75 Å². The highest BCUT2D eigenvalue weighted by molar-refractivity contribution is 5.88. The second-order valence-corrected chi connectivity index (χ2v) is 3.73. The summed E-state index contributed by atoms with van der Waals surface area (Å²) in [5, 5.41) is 10.8. The molecule has 0 aliphatic heterocycles. The molecule has 0 bridgehead atoms. The lowest BCUT2D eigenvalue weighted by Gasteiger charge is -2.04. The van der Waals surface area contributed by atoms with Gasteiger partial charge >= 0.3 is 5.97 Å². The van der Waals surface area contributed by atoms with Crippen LogP contribution in [0, 0.1) is 0 Å². The molecule has 0 atom stereocenters. The third-order valence-electron chi connectivity index (χ3n) is 2.43. The molecule has 0 unspecified atom stereocenters. The SMILES string of the molecule is O=C(Oc1ccc(-n2cnnn2)cc1)c1cnccn1. The van der Waals surface area contributed by atoms with Crippen LogP contribution in [0.15, 0.2) is 49.2 Å². The van der Waals surface area contributed by atoms with Gasteiger partial charge in [-0.2, -0.15) is 0 Å². The lowest BCUT2D eigenvalue weighted by molar-refractivity contribution is 0.0728. The molecule has 0 saturated heterocycles. The van der Waals surface area contributed by atoms with E-state index in [2.05, 4.69) is 25.5 Å². The Kier molecular flexibility index (Phi) is 3.11. The van der Waals surface area contributed by atoms with Crippen LogP contribution in [0.5, 0.6) is 5.75 Å². The van der Waals surface area contributed by atoms with Crippen LogP contribution in [-0.4, -0.2) is 36.1 Å². The number of carbonyl (C=O) groups excluding carboxylic acids is 1. The molecule has 0 amide bonds. The van der Waals surface area contributed by atoms with Gasteiger partial charge in [-0.1, -0.05) is 0 Å². The Morgan fingerprint density at radius 1 is 1.15 bits per heavy atom. The Morgan fingerprint density at radius 2 is 2.00 bits per heavy atom. The minimum Gasteiger partial charge on any atom is -0.422 e. The molecule has 0 N–H and O–H groups in total. The first-order chi connectivity index (χ1) is 9.83. The quantitative estimate of drug-likeness (QED) is 0.508. The van der Waals surface area contributed by atoms with E-state index in [4.69, 9.17) is 4.74 Å². The molecule has 3 aromatic rings. The van der Waals surface area contributed by atoms with Crippen molar-refractivity contribution in [1.82, 2.24) is 30.2 Å². The maximum atomic E-state index is 11.8. The van der Waals surface area contributed by atoms with Gasteiger partial charge in [0.15, 0.2) is 5.69 Å². The number of hydrogen-bond donors (Lipinski definition) is 0. The molecule has 98 valence electrons. The molecular weight excluding hydrogens is 260 g/mol. The maximum Gasteiger partial charge on any atom is 0.363 e. The summed E-state index contributed by atoms with van der Waals surface area (Å²) < 4.78 is 6.66. The molecule has 8 heteroatoms. The molecule has 3 rings (SSSR count). The molecule has 1 aromatic carbocycles. The van der Waals surface area contributed by atoms with Crippen molar-refractivity contribution >= 4 is 5.97 Å². The normalized spacial score (nSPS) is 10.2. The standard InChI is InChI=1S/C12H8N6O2/c19-12(11-7-13-5-6-14-11)20-10-3-1-9(2-4-10)18-8-15-16-17-18/h1-8H. The monoisotopic (exact) mass is 268 g/mol. The van der Waals surface area contributed by atoms with Gasteiger partial charge in [0.1, 0.15) is 12.1 Å². The van der Waals surface area contributed by atoms with Crippen LogP contribution in [0.25, 0.3) is 5.69 Å². The lowest BCUT2D eigenvalue weighted by atomic mass is 10.3. The molecule has 2 aromatic heterocycles. The lowest BCUT2D eigenvalue weighted by Crippen LogP contribution is -2.10. The van der Waals surface area contributed by atoms with Crippen LogP contribution in [-0.2, 0) is 0 Å². The summed E-state index contributed by atoms with van der Waals surface area (Å²) in [6.07, 6.45) is 5.73. The van der Waals surface area contributed by atoms with Gasteiger partial charge in [-0.15, -0.1) is 5.10 Å². The average Bonchev–Trinajstić information content (AvgIpc) is 3.03. The summed E-state index contributed by atoms with van der Waals surface area (Å²) in [5.74, 6) is -0.161. The van der Waals surface area contributed by atoms with Gasteiger partial charge in [-0.25, -0.2) is 14.5 Å². The molecular formula is C12H8N6O2. The van der Waals surface area contributed by atoms with Crippen LogP contribution in [0.3, 0.4) is 0 Å². The summed E-state index contributed by atoms with van der Waals surface area (Å²) in [4.78, 5) is 19.4. The largest absolute Gasteiger partial charge is 0.422 e. The van der Waals surface area contributed by atoms with E-state index in [0.717, 1.165) is 5.69 Å². The molecule has 2 heterocycles. The first-order valence-electron chi connectivity index (χ1n) is 5.64. The van der Waals surface area contributed by atoms with E-state index < -0.39 is 5.97 Å². The number of esters is 1. The molecule has 20 heavy (non-hydrogen) atoms. The topological polar surface area (TPSA) is 95.7 Å². The number of benzene rings is 1. The first-order valence-corrected chi connectivity index (χ1v) is 5.64. The van der Waals surface area contributed by atoms with Crippen molar-refractivity contribution in [2.45, 2.75) is 0 Å². The number of carbonyl (C=O) groups is 1. The van der Waals surface area contributed by atoms with Gasteiger partial charge in [0, 0.05) is 12.4 Å². The van der Waals surface area contributed by atoms with Crippen LogP contribution >= 0.6 is 0 Å². The molecule has 0 saturated carbocycles. The minimum absolute atomic E-state index is 0.150. The number of nitrogens with zero attached hydrogens (tertiary/aromatic N) is 6. The van der Waals surface area contributed by atoms with Crippen LogP contribution in [0.2, 0.25) is 0 Å². The number of aromatic nitrogens is 6. The fourth-order valence-electron chi connectivity index (χ4n) is 1.51. The summed E-state index contributed by atoms with van der Waals surface area (Å²) in [6, 6.07) is 6.75. The molecule has 0 fully saturated rings. The Bertz CT molecular complexity index is 697. The first kappa shape index (κ1) is 11.9. The Morgan fingerprint density at radius 3 is 2.65 bits per heavy atom. The fraction of sp³-hybridized carbons (Fsp3) is 0.